The van der Waals surface area contributed by atoms with Gasteiger partial charge < -0.3 is 10.3 Å². The summed E-state index contributed by atoms with van der Waals surface area (Å²) in [5, 5.41) is 3.25. The van der Waals surface area contributed by atoms with Gasteiger partial charge in [-0.3, -0.25) is 0 Å². The van der Waals surface area contributed by atoms with E-state index >= 15 is 0 Å². The molecule has 2 rings (SSSR count). The zero-order valence-corrected chi connectivity index (χ0v) is 5.09. The van der Waals surface area contributed by atoms with E-state index in [4.69, 9.17) is 0 Å². The molecule has 3 heteroatoms. The molecule has 1 fully saturated rings. The fraction of sp³-hybridized carbons (Fsp3) is 0.500. The van der Waals surface area contributed by atoms with Crippen molar-refractivity contribution in [1.29, 1.82) is 0 Å². The van der Waals surface area contributed by atoms with Crippen molar-refractivity contribution in [3.63, 3.8) is 0 Å². The molecule has 0 radical (unpaired) electrons. The molecule has 1 aromatic heterocycles. The standard InChI is InChI=1S/C6H9N3/c1-2-5(1)9-6-3-7-4-8-6/h3-5,9H,1-2H2,(H,7,8). The highest BCUT2D eigenvalue weighted by atomic mass is 15.1. The molecule has 1 aromatic rings. The lowest BCUT2D eigenvalue weighted by Gasteiger charge is -1.94. The molecule has 0 aromatic carbocycles. The number of aromatic nitrogens is 2. The summed E-state index contributed by atoms with van der Waals surface area (Å²) in [5.74, 6) is 0.970. The minimum atomic E-state index is 0.702. The first kappa shape index (κ1) is 4.85. The van der Waals surface area contributed by atoms with Crippen LogP contribution in [-0.2, 0) is 0 Å². The average Bonchev–Trinajstić information content (AvgIpc) is 2.46. The molecule has 1 aliphatic carbocycles. The van der Waals surface area contributed by atoms with E-state index in [0.717, 1.165) is 5.82 Å². The lowest BCUT2D eigenvalue weighted by molar-refractivity contribution is 1.13. The second kappa shape index (κ2) is 1.76. The Morgan fingerprint density at radius 1 is 1.67 bits per heavy atom. The summed E-state index contributed by atoms with van der Waals surface area (Å²) in [6.45, 7) is 0. The van der Waals surface area contributed by atoms with Gasteiger partial charge in [-0.05, 0) is 12.8 Å². The molecule has 1 saturated carbocycles. The van der Waals surface area contributed by atoms with Crippen molar-refractivity contribution >= 4 is 5.82 Å². The van der Waals surface area contributed by atoms with Crippen molar-refractivity contribution in [1.82, 2.24) is 9.97 Å². The molecule has 0 aliphatic heterocycles. The fourth-order valence-electron chi connectivity index (χ4n) is 0.776. The Morgan fingerprint density at radius 3 is 3.11 bits per heavy atom. The van der Waals surface area contributed by atoms with Crippen LogP contribution in [0.25, 0.3) is 0 Å². The molecule has 0 bridgehead atoms. The van der Waals surface area contributed by atoms with Crippen LogP contribution in [-0.4, -0.2) is 16.0 Å². The summed E-state index contributed by atoms with van der Waals surface area (Å²) in [5.41, 5.74) is 0. The van der Waals surface area contributed by atoms with Gasteiger partial charge in [0, 0.05) is 12.2 Å². The van der Waals surface area contributed by atoms with E-state index in [2.05, 4.69) is 15.3 Å². The van der Waals surface area contributed by atoms with Gasteiger partial charge in [0.2, 0.25) is 0 Å². The van der Waals surface area contributed by atoms with Crippen LogP contribution >= 0.6 is 0 Å². The second-order valence-corrected chi connectivity index (χ2v) is 2.37. The molecule has 1 aliphatic rings. The zero-order chi connectivity index (χ0) is 6.10. The van der Waals surface area contributed by atoms with E-state index in [-0.39, 0.29) is 0 Å². The third-order valence-corrected chi connectivity index (χ3v) is 1.43. The van der Waals surface area contributed by atoms with Crippen LogP contribution in [0.3, 0.4) is 0 Å². The van der Waals surface area contributed by atoms with E-state index in [1.54, 1.807) is 6.33 Å². The summed E-state index contributed by atoms with van der Waals surface area (Å²) in [6.07, 6.45) is 6.16. The zero-order valence-electron chi connectivity index (χ0n) is 5.09. The summed E-state index contributed by atoms with van der Waals surface area (Å²) >= 11 is 0. The van der Waals surface area contributed by atoms with Gasteiger partial charge in [0.15, 0.2) is 0 Å². The maximum atomic E-state index is 4.03. The van der Waals surface area contributed by atoms with Gasteiger partial charge in [-0.25, -0.2) is 4.98 Å². The molecule has 0 atom stereocenters. The number of H-pyrrole nitrogens is 1. The molecule has 0 saturated heterocycles. The highest BCUT2D eigenvalue weighted by molar-refractivity contribution is 5.33. The number of hydrogen-bond donors (Lipinski definition) is 2. The number of aromatic amines is 1. The Labute approximate surface area is 53.5 Å². The SMILES string of the molecule is c1nc(NC2CC2)c[nH]1. The van der Waals surface area contributed by atoms with Crippen molar-refractivity contribution in [2.45, 2.75) is 18.9 Å². The quantitative estimate of drug-likeness (QED) is 0.615. The first-order valence-electron chi connectivity index (χ1n) is 3.20. The van der Waals surface area contributed by atoms with Gasteiger partial charge in [0.25, 0.3) is 0 Å². The Hall–Kier alpha value is -0.990. The normalized spacial score (nSPS) is 17.8. The smallest absolute Gasteiger partial charge is 0.144 e. The first-order chi connectivity index (χ1) is 4.45. The van der Waals surface area contributed by atoms with E-state index < -0.39 is 0 Å². The fourth-order valence-corrected chi connectivity index (χ4v) is 0.776. The van der Waals surface area contributed by atoms with Crippen LogP contribution in [0.4, 0.5) is 5.82 Å². The van der Waals surface area contributed by atoms with Gasteiger partial charge >= 0.3 is 0 Å². The Bertz CT molecular complexity index is 176. The predicted octanol–water partition coefficient (Wildman–Crippen LogP) is 0.984. The molecular weight excluding hydrogens is 114 g/mol. The number of rotatable bonds is 2. The highest BCUT2D eigenvalue weighted by Gasteiger charge is 2.20. The molecule has 1 heterocycles. The summed E-state index contributed by atoms with van der Waals surface area (Å²) < 4.78 is 0. The van der Waals surface area contributed by atoms with Crippen molar-refractivity contribution in [2.24, 2.45) is 0 Å². The molecule has 2 N–H and O–H groups in total. The Balaban J connectivity index is 1.99. The largest absolute Gasteiger partial charge is 0.366 e. The van der Waals surface area contributed by atoms with Gasteiger partial charge in [0.1, 0.15) is 5.82 Å². The minimum absolute atomic E-state index is 0.702. The van der Waals surface area contributed by atoms with E-state index in [1.807, 2.05) is 6.20 Å². The number of nitrogens with one attached hydrogen (secondary N) is 2. The molecule has 9 heavy (non-hydrogen) atoms. The van der Waals surface area contributed by atoms with E-state index in [1.165, 1.54) is 12.8 Å². The topological polar surface area (TPSA) is 40.7 Å². The maximum absolute atomic E-state index is 4.03. The number of hydrogen-bond acceptors (Lipinski definition) is 2. The van der Waals surface area contributed by atoms with Gasteiger partial charge in [-0.15, -0.1) is 0 Å². The molecule has 0 amide bonds. The number of imidazole rings is 1. The van der Waals surface area contributed by atoms with Crippen LogP contribution in [0.2, 0.25) is 0 Å². The summed E-state index contributed by atoms with van der Waals surface area (Å²) in [4.78, 5) is 6.92. The van der Waals surface area contributed by atoms with E-state index in [9.17, 15) is 0 Å². The van der Waals surface area contributed by atoms with Crippen molar-refractivity contribution in [3.05, 3.63) is 12.5 Å². The third-order valence-electron chi connectivity index (χ3n) is 1.43. The summed E-state index contributed by atoms with van der Waals surface area (Å²) in [7, 11) is 0. The van der Waals surface area contributed by atoms with Crippen LogP contribution in [0.15, 0.2) is 12.5 Å². The maximum Gasteiger partial charge on any atom is 0.144 e. The highest BCUT2D eigenvalue weighted by Crippen LogP contribution is 2.22. The van der Waals surface area contributed by atoms with Crippen LogP contribution < -0.4 is 5.32 Å². The first-order valence-corrected chi connectivity index (χ1v) is 3.20. The van der Waals surface area contributed by atoms with Gasteiger partial charge in [0.05, 0.1) is 6.33 Å². The predicted molar refractivity (Wildman–Crippen MR) is 35.2 cm³/mol. The lowest BCUT2D eigenvalue weighted by atomic mass is 10.6. The van der Waals surface area contributed by atoms with E-state index in [0.29, 0.717) is 6.04 Å². The monoisotopic (exact) mass is 123 g/mol. The number of anilines is 1. The number of nitrogens with zero attached hydrogens (tertiary/aromatic N) is 1. The Kier molecular flexibility index (Phi) is 0.946. The summed E-state index contributed by atoms with van der Waals surface area (Å²) in [6, 6.07) is 0.702. The second-order valence-electron chi connectivity index (χ2n) is 2.37. The molecular formula is C6H9N3. The van der Waals surface area contributed by atoms with Gasteiger partial charge in [-0.1, -0.05) is 0 Å². The lowest BCUT2D eigenvalue weighted by Crippen LogP contribution is -1.99. The van der Waals surface area contributed by atoms with Crippen LogP contribution in [0.1, 0.15) is 12.8 Å². The van der Waals surface area contributed by atoms with Crippen molar-refractivity contribution in [3.8, 4) is 0 Å². The van der Waals surface area contributed by atoms with Gasteiger partial charge in [-0.2, -0.15) is 0 Å². The molecule has 48 valence electrons. The molecule has 3 nitrogen and oxygen atoms in total. The van der Waals surface area contributed by atoms with Crippen LogP contribution in [0.5, 0.6) is 0 Å². The molecule has 0 unspecified atom stereocenters. The Morgan fingerprint density at radius 2 is 2.56 bits per heavy atom. The molecule has 0 spiro atoms. The van der Waals surface area contributed by atoms with Crippen molar-refractivity contribution in [2.75, 3.05) is 5.32 Å². The van der Waals surface area contributed by atoms with Crippen LogP contribution in [0, 0.1) is 0 Å². The minimum Gasteiger partial charge on any atom is -0.366 e. The van der Waals surface area contributed by atoms with Crippen molar-refractivity contribution < 1.29 is 0 Å². The average molecular weight is 123 g/mol. The third kappa shape index (κ3) is 1.04.